The Balaban J connectivity index is 1.81. The molecule has 0 unspecified atom stereocenters. The van der Waals surface area contributed by atoms with E-state index in [2.05, 4.69) is 4.99 Å². The summed E-state index contributed by atoms with van der Waals surface area (Å²) in [4.78, 5) is 31.5. The Labute approximate surface area is 150 Å². The van der Waals surface area contributed by atoms with Gasteiger partial charge in [-0.2, -0.15) is 0 Å². The van der Waals surface area contributed by atoms with Gasteiger partial charge in [0.05, 0.1) is 16.2 Å². The van der Waals surface area contributed by atoms with Crippen LogP contribution in [0, 0.1) is 13.8 Å². The number of hydrogen-bond acceptors (Lipinski definition) is 3. The molecular weight excluding hydrogens is 332 g/mol. The molecule has 0 saturated carbocycles. The Morgan fingerprint density at radius 1 is 1.00 bits per heavy atom. The smallest absolute Gasteiger partial charge is 0.285 e. The summed E-state index contributed by atoms with van der Waals surface area (Å²) in [5, 5.41) is 0.643. The summed E-state index contributed by atoms with van der Waals surface area (Å²) in [5.74, 6) is -0.493. The van der Waals surface area contributed by atoms with Crippen molar-refractivity contribution < 1.29 is 9.59 Å². The van der Waals surface area contributed by atoms with E-state index in [0.717, 1.165) is 27.9 Å². The van der Waals surface area contributed by atoms with Crippen LogP contribution in [0.3, 0.4) is 0 Å². The van der Waals surface area contributed by atoms with Crippen LogP contribution in [0.1, 0.15) is 22.3 Å². The fourth-order valence-electron chi connectivity index (χ4n) is 3.19. The highest BCUT2D eigenvalue weighted by atomic mass is 32.2. The lowest BCUT2D eigenvalue weighted by atomic mass is 10.0. The number of aliphatic imine (C=N–C) groups is 1. The molecule has 0 fully saturated rings. The van der Waals surface area contributed by atoms with Gasteiger partial charge in [-0.05, 0) is 19.4 Å². The van der Waals surface area contributed by atoms with Crippen LogP contribution in [0.5, 0.6) is 0 Å². The number of carbonyl (C=O) groups excluding carboxylic acids is 2. The Morgan fingerprint density at radius 2 is 1.72 bits per heavy atom. The first-order chi connectivity index (χ1) is 12.0. The molecule has 2 heterocycles. The van der Waals surface area contributed by atoms with Gasteiger partial charge < -0.3 is 4.90 Å². The van der Waals surface area contributed by atoms with E-state index in [0.29, 0.717) is 15.5 Å². The van der Waals surface area contributed by atoms with Crippen LogP contribution in [0.15, 0.2) is 52.4 Å². The molecule has 4 rings (SSSR count). The lowest BCUT2D eigenvalue weighted by Crippen LogP contribution is -2.21. The molecule has 0 saturated heterocycles. The first kappa shape index (κ1) is 15.8. The zero-order valence-electron chi connectivity index (χ0n) is 14.2. The second-order valence-electron chi connectivity index (χ2n) is 6.23. The Kier molecular flexibility index (Phi) is 3.62. The summed E-state index contributed by atoms with van der Waals surface area (Å²) in [6, 6.07) is 13.6. The van der Waals surface area contributed by atoms with Gasteiger partial charge in [0, 0.05) is 18.2 Å². The second kappa shape index (κ2) is 5.70. The monoisotopic (exact) mass is 348 g/mol. The van der Waals surface area contributed by atoms with Crippen molar-refractivity contribution >= 4 is 39.9 Å². The predicted molar refractivity (Wildman–Crippen MR) is 102 cm³/mol. The summed E-state index contributed by atoms with van der Waals surface area (Å²) in [7, 11) is 1.74. The summed E-state index contributed by atoms with van der Waals surface area (Å²) < 4.78 is 0. The summed E-state index contributed by atoms with van der Waals surface area (Å²) in [6.45, 7) is 3.98. The highest BCUT2D eigenvalue weighted by molar-refractivity contribution is 8.19. The third kappa shape index (κ3) is 2.43. The molecule has 25 heavy (non-hydrogen) atoms. The molecular formula is C20H16N2O2S. The quantitative estimate of drug-likeness (QED) is 0.738. The molecule has 124 valence electrons. The molecule has 2 amide bonds. The van der Waals surface area contributed by atoms with E-state index in [1.54, 1.807) is 11.9 Å². The standard InChI is InChI=1S/C20H16N2O2S/c1-11-7-9-13(10-8-11)19-21-18(23)17(25-19)15-14-6-4-5-12(2)16(14)22(3)20(15)24/h4-10H,1-3H3/b17-15+. The van der Waals surface area contributed by atoms with Gasteiger partial charge in [-0.3, -0.25) is 9.59 Å². The van der Waals surface area contributed by atoms with Crippen LogP contribution in [-0.2, 0) is 9.59 Å². The fraction of sp³-hybridized carbons (Fsp3) is 0.150. The molecule has 2 aromatic carbocycles. The van der Waals surface area contributed by atoms with Gasteiger partial charge in [0.15, 0.2) is 0 Å². The van der Waals surface area contributed by atoms with Crippen molar-refractivity contribution in [2.24, 2.45) is 4.99 Å². The van der Waals surface area contributed by atoms with Crippen LogP contribution in [0.2, 0.25) is 0 Å². The topological polar surface area (TPSA) is 49.7 Å². The molecule has 0 atom stereocenters. The average molecular weight is 348 g/mol. The van der Waals surface area contributed by atoms with Gasteiger partial charge in [-0.15, -0.1) is 0 Å². The minimum absolute atomic E-state index is 0.152. The maximum absolute atomic E-state index is 12.8. The number of thioether (sulfide) groups is 1. The number of rotatable bonds is 1. The summed E-state index contributed by atoms with van der Waals surface area (Å²) >= 11 is 1.28. The van der Waals surface area contributed by atoms with Crippen molar-refractivity contribution in [3.8, 4) is 0 Å². The Bertz CT molecular complexity index is 987. The van der Waals surface area contributed by atoms with Crippen molar-refractivity contribution in [1.29, 1.82) is 0 Å². The van der Waals surface area contributed by atoms with Gasteiger partial charge in [-0.25, -0.2) is 4.99 Å². The number of benzene rings is 2. The molecule has 0 bridgehead atoms. The van der Waals surface area contributed by atoms with Crippen molar-refractivity contribution in [2.75, 3.05) is 11.9 Å². The van der Waals surface area contributed by atoms with E-state index in [4.69, 9.17) is 0 Å². The number of likely N-dealkylation sites (N-methyl/N-ethyl adjacent to an activating group) is 1. The first-order valence-corrected chi connectivity index (χ1v) is 8.79. The number of carbonyl (C=O) groups is 2. The number of anilines is 1. The van der Waals surface area contributed by atoms with Crippen LogP contribution in [0.25, 0.3) is 5.57 Å². The van der Waals surface area contributed by atoms with Crippen LogP contribution >= 0.6 is 11.8 Å². The number of aryl methyl sites for hydroxylation is 2. The molecule has 0 aliphatic carbocycles. The maximum atomic E-state index is 12.8. The van der Waals surface area contributed by atoms with E-state index < -0.39 is 0 Å². The van der Waals surface area contributed by atoms with E-state index >= 15 is 0 Å². The van der Waals surface area contributed by atoms with Crippen molar-refractivity contribution in [1.82, 2.24) is 0 Å². The lowest BCUT2D eigenvalue weighted by molar-refractivity contribution is -0.115. The normalized spacial score (nSPS) is 19.5. The fourth-order valence-corrected chi connectivity index (χ4v) is 4.20. The maximum Gasteiger partial charge on any atom is 0.285 e. The van der Waals surface area contributed by atoms with Gasteiger partial charge in [-0.1, -0.05) is 59.8 Å². The zero-order chi connectivity index (χ0) is 17.7. The lowest BCUT2D eigenvalue weighted by Gasteiger charge is -2.11. The largest absolute Gasteiger partial charge is 0.310 e. The third-order valence-electron chi connectivity index (χ3n) is 4.48. The Morgan fingerprint density at radius 3 is 2.44 bits per heavy atom. The zero-order valence-corrected chi connectivity index (χ0v) is 15.0. The predicted octanol–water partition coefficient (Wildman–Crippen LogP) is 3.71. The number of para-hydroxylation sites is 1. The molecule has 0 radical (unpaired) electrons. The molecule has 0 spiro atoms. The van der Waals surface area contributed by atoms with Crippen molar-refractivity contribution in [3.63, 3.8) is 0 Å². The Hall–Kier alpha value is -2.66. The van der Waals surface area contributed by atoms with E-state index in [1.165, 1.54) is 11.8 Å². The average Bonchev–Trinajstić information content (AvgIpc) is 3.08. The van der Waals surface area contributed by atoms with Gasteiger partial charge >= 0.3 is 0 Å². The molecule has 0 N–H and O–H groups in total. The number of hydrogen-bond donors (Lipinski definition) is 0. The minimum atomic E-state index is -0.341. The number of nitrogens with zero attached hydrogens (tertiary/aromatic N) is 2. The van der Waals surface area contributed by atoms with E-state index in [9.17, 15) is 9.59 Å². The van der Waals surface area contributed by atoms with Gasteiger partial charge in [0.1, 0.15) is 5.04 Å². The van der Waals surface area contributed by atoms with E-state index in [-0.39, 0.29) is 11.8 Å². The SMILES string of the molecule is Cc1ccc(C2=NC(=O)/C(=C3\C(=O)N(C)c4c(C)cccc43)S2)cc1. The number of fused-ring (bicyclic) bond motifs is 1. The van der Waals surface area contributed by atoms with Gasteiger partial charge in [0.2, 0.25) is 0 Å². The number of amides is 2. The molecule has 4 nitrogen and oxygen atoms in total. The van der Waals surface area contributed by atoms with Gasteiger partial charge in [0.25, 0.3) is 11.8 Å². The van der Waals surface area contributed by atoms with Crippen LogP contribution in [0.4, 0.5) is 5.69 Å². The summed E-state index contributed by atoms with van der Waals surface area (Å²) in [5.41, 5.74) is 5.19. The van der Waals surface area contributed by atoms with Crippen LogP contribution < -0.4 is 4.90 Å². The highest BCUT2D eigenvalue weighted by Gasteiger charge is 2.38. The molecule has 0 aromatic heterocycles. The minimum Gasteiger partial charge on any atom is -0.310 e. The third-order valence-corrected chi connectivity index (χ3v) is 5.59. The molecule has 2 aliphatic rings. The van der Waals surface area contributed by atoms with Crippen molar-refractivity contribution in [3.05, 3.63) is 69.6 Å². The summed E-state index contributed by atoms with van der Waals surface area (Å²) in [6.07, 6.45) is 0. The van der Waals surface area contributed by atoms with E-state index in [1.807, 2.05) is 56.3 Å². The highest BCUT2D eigenvalue weighted by Crippen LogP contribution is 2.44. The molecule has 2 aromatic rings. The van der Waals surface area contributed by atoms with Crippen molar-refractivity contribution in [2.45, 2.75) is 13.8 Å². The van der Waals surface area contributed by atoms with Crippen LogP contribution in [-0.4, -0.2) is 23.9 Å². The molecule has 2 aliphatic heterocycles. The first-order valence-electron chi connectivity index (χ1n) is 7.97. The molecule has 5 heteroatoms. The second-order valence-corrected chi connectivity index (χ2v) is 7.23.